The first-order chi connectivity index (χ1) is 12.0. The second-order valence-electron chi connectivity index (χ2n) is 4.99. The topological polar surface area (TPSA) is 60.5 Å². The summed E-state index contributed by atoms with van der Waals surface area (Å²) < 4.78 is 11.8. The molecule has 0 bridgehead atoms. The van der Waals surface area contributed by atoms with Gasteiger partial charge in [0.25, 0.3) is 5.91 Å². The monoisotopic (exact) mass is 396 g/mol. The van der Waals surface area contributed by atoms with Crippen LogP contribution in [-0.2, 0) is 4.79 Å². The summed E-state index contributed by atoms with van der Waals surface area (Å²) in [5, 5.41) is 4.08. The van der Waals surface area contributed by atoms with Gasteiger partial charge in [0.15, 0.2) is 11.7 Å². The van der Waals surface area contributed by atoms with E-state index in [4.69, 9.17) is 32.7 Å². The summed E-state index contributed by atoms with van der Waals surface area (Å²) in [6, 6.07) is 10.4. The van der Waals surface area contributed by atoms with Crippen molar-refractivity contribution in [3.05, 3.63) is 46.4 Å². The van der Waals surface area contributed by atoms with Crippen molar-refractivity contribution in [2.75, 3.05) is 18.5 Å². The highest BCUT2D eigenvalue weighted by atomic mass is 35.5. The van der Waals surface area contributed by atoms with Crippen molar-refractivity contribution in [2.45, 2.75) is 6.92 Å². The van der Waals surface area contributed by atoms with Crippen LogP contribution < -0.4 is 14.8 Å². The van der Waals surface area contributed by atoms with Gasteiger partial charge in [0, 0.05) is 11.1 Å². The van der Waals surface area contributed by atoms with Crippen molar-refractivity contribution in [3.8, 4) is 11.5 Å². The molecule has 1 amide bonds. The van der Waals surface area contributed by atoms with Gasteiger partial charge in [-0.1, -0.05) is 34.5 Å². The highest BCUT2D eigenvalue weighted by molar-refractivity contribution is 7.22. The molecule has 2 aromatic carbocycles. The molecule has 0 atom stereocenters. The molecule has 1 N–H and O–H groups in total. The fraction of sp³-hybridized carbons (Fsp3) is 0.176. The second kappa shape index (κ2) is 7.91. The number of benzene rings is 2. The van der Waals surface area contributed by atoms with Crippen LogP contribution in [0, 0.1) is 0 Å². The maximum atomic E-state index is 12.1. The molecule has 0 aliphatic rings. The van der Waals surface area contributed by atoms with Gasteiger partial charge in [0.1, 0.15) is 11.5 Å². The van der Waals surface area contributed by atoms with E-state index in [2.05, 4.69) is 10.3 Å². The predicted molar refractivity (Wildman–Crippen MR) is 101 cm³/mol. The lowest BCUT2D eigenvalue weighted by Gasteiger charge is -2.07. The third-order valence-corrected chi connectivity index (χ3v) is 4.65. The minimum atomic E-state index is -0.333. The van der Waals surface area contributed by atoms with Crippen LogP contribution in [0.15, 0.2) is 36.4 Å². The molecule has 3 rings (SSSR count). The molecule has 3 aromatic rings. The number of carbonyl (C=O) groups excluding carboxylic acids is 1. The Morgan fingerprint density at radius 3 is 2.84 bits per heavy atom. The number of fused-ring (bicyclic) bond motifs is 1. The molecule has 1 aromatic heterocycles. The Labute approximate surface area is 158 Å². The van der Waals surface area contributed by atoms with E-state index in [0.29, 0.717) is 27.5 Å². The maximum Gasteiger partial charge on any atom is 0.264 e. The molecule has 0 saturated heterocycles. The number of amides is 1. The quantitative estimate of drug-likeness (QED) is 0.635. The maximum absolute atomic E-state index is 12.1. The minimum Gasteiger partial charge on any atom is -0.494 e. The Kier molecular flexibility index (Phi) is 5.63. The number of hydrogen-bond donors (Lipinski definition) is 1. The van der Waals surface area contributed by atoms with E-state index in [1.807, 2.05) is 25.1 Å². The van der Waals surface area contributed by atoms with Gasteiger partial charge < -0.3 is 9.47 Å². The number of rotatable bonds is 6. The highest BCUT2D eigenvalue weighted by Gasteiger charge is 2.11. The van der Waals surface area contributed by atoms with Crippen LogP contribution in [0.4, 0.5) is 5.13 Å². The Hall–Kier alpha value is -2.02. The van der Waals surface area contributed by atoms with Crippen molar-refractivity contribution in [1.29, 1.82) is 0 Å². The molecule has 0 unspecified atom stereocenters. The summed E-state index contributed by atoms with van der Waals surface area (Å²) in [5.41, 5.74) is 0.794. The van der Waals surface area contributed by atoms with Gasteiger partial charge in [-0.05, 0) is 37.3 Å². The van der Waals surface area contributed by atoms with Crippen molar-refractivity contribution >= 4 is 55.8 Å². The SMILES string of the molecule is CCOc1ccc2nc(NC(=O)COc3cc(Cl)ccc3Cl)sc2c1. The van der Waals surface area contributed by atoms with Gasteiger partial charge in [0.2, 0.25) is 0 Å². The number of aromatic nitrogens is 1. The molecule has 0 radical (unpaired) electrons. The Morgan fingerprint density at radius 2 is 2.04 bits per heavy atom. The molecule has 0 saturated carbocycles. The predicted octanol–water partition coefficient (Wildman–Crippen LogP) is 5.02. The third kappa shape index (κ3) is 4.54. The molecule has 0 aliphatic carbocycles. The first-order valence-corrected chi connectivity index (χ1v) is 9.03. The zero-order chi connectivity index (χ0) is 17.8. The number of nitrogens with zero attached hydrogens (tertiary/aromatic N) is 1. The first-order valence-electron chi connectivity index (χ1n) is 7.46. The molecule has 0 spiro atoms. The van der Waals surface area contributed by atoms with Gasteiger partial charge in [-0.25, -0.2) is 4.98 Å². The minimum absolute atomic E-state index is 0.194. The van der Waals surface area contributed by atoms with E-state index in [0.717, 1.165) is 16.0 Å². The van der Waals surface area contributed by atoms with E-state index in [-0.39, 0.29) is 12.5 Å². The van der Waals surface area contributed by atoms with E-state index < -0.39 is 0 Å². The van der Waals surface area contributed by atoms with Crippen molar-refractivity contribution < 1.29 is 14.3 Å². The van der Waals surface area contributed by atoms with Crippen LogP contribution in [0.5, 0.6) is 11.5 Å². The fourth-order valence-corrected chi connectivity index (χ4v) is 3.35. The summed E-state index contributed by atoms with van der Waals surface area (Å²) in [5.74, 6) is 0.797. The largest absolute Gasteiger partial charge is 0.494 e. The molecule has 0 aliphatic heterocycles. The van der Waals surface area contributed by atoms with Crippen molar-refractivity contribution in [1.82, 2.24) is 4.98 Å². The van der Waals surface area contributed by atoms with Crippen LogP contribution in [0.25, 0.3) is 10.2 Å². The Morgan fingerprint density at radius 1 is 1.20 bits per heavy atom. The molecular weight excluding hydrogens is 383 g/mol. The molecule has 1 heterocycles. The average molecular weight is 397 g/mol. The Bertz CT molecular complexity index is 914. The van der Waals surface area contributed by atoms with Crippen molar-refractivity contribution in [2.24, 2.45) is 0 Å². The highest BCUT2D eigenvalue weighted by Crippen LogP contribution is 2.30. The molecule has 0 fully saturated rings. The summed E-state index contributed by atoms with van der Waals surface area (Å²) in [6.07, 6.45) is 0. The van der Waals surface area contributed by atoms with Gasteiger partial charge in [-0.15, -0.1) is 0 Å². The van der Waals surface area contributed by atoms with E-state index in [9.17, 15) is 4.79 Å². The van der Waals surface area contributed by atoms with Crippen LogP contribution in [-0.4, -0.2) is 24.1 Å². The molecule has 5 nitrogen and oxygen atoms in total. The van der Waals surface area contributed by atoms with Crippen LogP contribution in [0.1, 0.15) is 6.92 Å². The van der Waals surface area contributed by atoms with Crippen LogP contribution in [0.3, 0.4) is 0 Å². The standard InChI is InChI=1S/C17H14Cl2N2O3S/c1-2-23-11-4-6-13-15(8-11)25-17(20-13)21-16(22)9-24-14-7-10(18)3-5-12(14)19/h3-8H,2,9H2,1H3,(H,20,21,22). The zero-order valence-electron chi connectivity index (χ0n) is 13.2. The lowest BCUT2D eigenvalue weighted by Crippen LogP contribution is -2.20. The summed E-state index contributed by atoms with van der Waals surface area (Å²) in [4.78, 5) is 16.4. The number of carbonyl (C=O) groups is 1. The van der Waals surface area contributed by atoms with Crippen LogP contribution in [0.2, 0.25) is 10.0 Å². The van der Waals surface area contributed by atoms with Gasteiger partial charge in [-0.3, -0.25) is 10.1 Å². The zero-order valence-corrected chi connectivity index (χ0v) is 15.5. The first kappa shape index (κ1) is 17.8. The van der Waals surface area contributed by atoms with Gasteiger partial charge >= 0.3 is 0 Å². The number of hydrogen-bond acceptors (Lipinski definition) is 5. The second-order valence-corrected chi connectivity index (χ2v) is 6.87. The van der Waals surface area contributed by atoms with Crippen molar-refractivity contribution in [3.63, 3.8) is 0 Å². The molecular formula is C17H14Cl2N2O3S. The lowest BCUT2D eigenvalue weighted by molar-refractivity contribution is -0.118. The smallest absolute Gasteiger partial charge is 0.264 e. The number of halogens is 2. The van der Waals surface area contributed by atoms with Gasteiger partial charge in [-0.2, -0.15) is 0 Å². The lowest BCUT2D eigenvalue weighted by atomic mass is 10.3. The van der Waals surface area contributed by atoms with E-state index in [1.165, 1.54) is 11.3 Å². The summed E-state index contributed by atoms with van der Waals surface area (Å²) >= 11 is 13.2. The number of nitrogens with one attached hydrogen (secondary N) is 1. The summed E-state index contributed by atoms with van der Waals surface area (Å²) in [7, 11) is 0. The molecule has 130 valence electrons. The average Bonchev–Trinajstić information content (AvgIpc) is 2.97. The molecule has 8 heteroatoms. The Balaban J connectivity index is 1.64. The number of ether oxygens (including phenoxy) is 2. The number of thiazole rings is 1. The third-order valence-electron chi connectivity index (χ3n) is 3.17. The summed E-state index contributed by atoms with van der Waals surface area (Å²) in [6.45, 7) is 2.33. The normalized spacial score (nSPS) is 10.7. The van der Waals surface area contributed by atoms with Crippen LogP contribution >= 0.6 is 34.5 Å². The van der Waals surface area contributed by atoms with E-state index >= 15 is 0 Å². The molecule has 25 heavy (non-hydrogen) atoms. The fourth-order valence-electron chi connectivity index (χ4n) is 2.10. The number of anilines is 1. The van der Waals surface area contributed by atoms with E-state index in [1.54, 1.807) is 18.2 Å². The van der Waals surface area contributed by atoms with Gasteiger partial charge in [0.05, 0.1) is 21.8 Å².